The number of benzene rings is 1. The monoisotopic (exact) mass is 364 g/mol. The molecule has 0 saturated carbocycles. The van der Waals surface area contributed by atoms with Gasteiger partial charge in [0.1, 0.15) is 17.5 Å². The van der Waals surface area contributed by atoms with Gasteiger partial charge in [0.15, 0.2) is 5.69 Å². The largest absolute Gasteiger partial charge is 0.497 e. The maximum absolute atomic E-state index is 6.03. The first kappa shape index (κ1) is 15.8. The van der Waals surface area contributed by atoms with Gasteiger partial charge in [0, 0.05) is 6.20 Å². The summed E-state index contributed by atoms with van der Waals surface area (Å²) >= 11 is 0. The van der Waals surface area contributed by atoms with E-state index in [1.165, 1.54) is 0 Å². The number of methoxy groups -OCH3 is 1. The summed E-state index contributed by atoms with van der Waals surface area (Å²) < 4.78 is 18.4. The zero-order valence-electron chi connectivity index (χ0n) is 14.5. The Morgan fingerprint density at radius 2 is 2.11 bits per heavy atom. The van der Waals surface area contributed by atoms with Gasteiger partial charge in [-0.3, -0.25) is 0 Å². The van der Waals surface area contributed by atoms with Gasteiger partial charge in [-0.15, -0.1) is 5.10 Å². The molecule has 1 aliphatic rings. The SMILES string of the molecule is COc1ccc(C2Cn3nnc(-c4noc(-c5ccc[nH]5)n4)c3CO2)cc1. The van der Waals surface area contributed by atoms with Crippen LogP contribution >= 0.6 is 0 Å². The Kier molecular flexibility index (Phi) is 3.72. The first-order valence-corrected chi connectivity index (χ1v) is 8.47. The quantitative estimate of drug-likeness (QED) is 0.593. The van der Waals surface area contributed by atoms with Gasteiger partial charge in [0.2, 0.25) is 5.82 Å². The van der Waals surface area contributed by atoms with Crippen LogP contribution in [0.4, 0.5) is 0 Å². The highest BCUT2D eigenvalue weighted by Crippen LogP contribution is 2.31. The summed E-state index contributed by atoms with van der Waals surface area (Å²) in [5.41, 5.74) is 3.22. The predicted octanol–water partition coefficient (Wildman–Crippen LogP) is 2.60. The van der Waals surface area contributed by atoms with Crippen molar-refractivity contribution in [2.75, 3.05) is 7.11 Å². The molecule has 0 saturated heterocycles. The van der Waals surface area contributed by atoms with Crippen LogP contribution in [0.2, 0.25) is 0 Å². The number of hydrogen-bond donors (Lipinski definition) is 1. The normalized spacial score (nSPS) is 16.3. The number of nitrogens with one attached hydrogen (secondary N) is 1. The van der Waals surface area contributed by atoms with Gasteiger partial charge in [0.25, 0.3) is 5.89 Å². The highest BCUT2D eigenvalue weighted by Gasteiger charge is 2.27. The zero-order valence-corrected chi connectivity index (χ0v) is 14.5. The molecule has 0 spiro atoms. The molecule has 1 atom stereocenters. The Labute approximate surface area is 153 Å². The average Bonchev–Trinajstić information content (AvgIpc) is 3.46. The van der Waals surface area contributed by atoms with Crippen molar-refractivity contribution >= 4 is 0 Å². The molecule has 3 aromatic heterocycles. The number of nitrogens with zero attached hydrogens (tertiary/aromatic N) is 5. The third kappa shape index (κ3) is 2.77. The van der Waals surface area contributed by atoms with Crippen molar-refractivity contribution in [3.63, 3.8) is 0 Å². The lowest BCUT2D eigenvalue weighted by Gasteiger charge is -2.24. The van der Waals surface area contributed by atoms with Crippen LogP contribution in [0.1, 0.15) is 17.4 Å². The van der Waals surface area contributed by atoms with Crippen LogP contribution in [0, 0.1) is 0 Å². The summed E-state index contributed by atoms with van der Waals surface area (Å²) in [7, 11) is 1.65. The molecule has 1 N–H and O–H groups in total. The second-order valence-corrected chi connectivity index (χ2v) is 6.15. The van der Waals surface area contributed by atoms with Crippen LogP contribution in [0.3, 0.4) is 0 Å². The number of ether oxygens (including phenoxy) is 2. The highest BCUT2D eigenvalue weighted by atomic mass is 16.5. The van der Waals surface area contributed by atoms with E-state index in [1.54, 1.807) is 13.3 Å². The van der Waals surface area contributed by atoms with E-state index in [-0.39, 0.29) is 6.10 Å². The Hall–Kier alpha value is -3.46. The Balaban J connectivity index is 1.40. The van der Waals surface area contributed by atoms with E-state index in [0.717, 1.165) is 22.7 Å². The molecule has 0 amide bonds. The lowest BCUT2D eigenvalue weighted by molar-refractivity contribution is -0.00114. The predicted molar refractivity (Wildman–Crippen MR) is 93.6 cm³/mol. The summed E-state index contributed by atoms with van der Waals surface area (Å²) in [6.45, 7) is 0.932. The minimum atomic E-state index is -0.0993. The number of H-pyrrole nitrogens is 1. The minimum Gasteiger partial charge on any atom is -0.497 e. The third-order valence-electron chi connectivity index (χ3n) is 4.55. The molecule has 0 aliphatic carbocycles. The second-order valence-electron chi connectivity index (χ2n) is 6.15. The van der Waals surface area contributed by atoms with E-state index in [4.69, 9.17) is 14.0 Å². The van der Waals surface area contributed by atoms with E-state index in [1.807, 2.05) is 41.1 Å². The standard InChI is InChI=1S/C18H16N6O3/c1-25-12-6-4-11(5-7-12)15-9-24-14(10-26-15)16(21-23-24)17-20-18(27-22-17)13-3-2-8-19-13/h2-8,15,19H,9-10H2,1H3. The van der Waals surface area contributed by atoms with Crippen molar-refractivity contribution in [3.05, 3.63) is 53.9 Å². The number of fused-ring (bicyclic) bond motifs is 1. The van der Waals surface area contributed by atoms with Crippen LogP contribution in [0.15, 0.2) is 47.1 Å². The fourth-order valence-electron chi connectivity index (χ4n) is 3.10. The van der Waals surface area contributed by atoms with Crippen LogP contribution < -0.4 is 4.74 Å². The summed E-state index contributed by atoms with van der Waals surface area (Å²) in [6, 6.07) is 11.6. The van der Waals surface area contributed by atoms with Crippen molar-refractivity contribution in [2.24, 2.45) is 0 Å². The van der Waals surface area contributed by atoms with Gasteiger partial charge in [-0.1, -0.05) is 22.5 Å². The number of rotatable bonds is 4. The number of aromatic nitrogens is 6. The van der Waals surface area contributed by atoms with E-state index in [2.05, 4.69) is 25.4 Å². The molecule has 0 radical (unpaired) electrons. The molecular weight excluding hydrogens is 348 g/mol. The van der Waals surface area contributed by atoms with Crippen LogP contribution in [-0.4, -0.2) is 37.2 Å². The van der Waals surface area contributed by atoms with Gasteiger partial charge in [0.05, 0.1) is 26.0 Å². The van der Waals surface area contributed by atoms with Gasteiger partial charge < -0.3 is 19.0 Å². The maximum Gasteiger partial charge on any atom is 0.274 e. The molecule has 0 bridgehead atoms. The zero-order chi connectivity index (χ0) is 18.2. The van der Waals surface area contributed by atoms with Crippen LogP contribution in [-0.2, 0) is 17.9 Å². The Bertz CT molecular complexity index is 1050. The average molecular weight is 364 g/mol. The Morgan fingerprint density at radius 1 is 1.22 bits per heavy atom. The second kappa shape index (κ2) is 6.36. The first-order chi connectivity index (χ1) is 13.3. The summed E-state index contributed by atoms with van der Waals surface area (Å²) in [6.07, 6.45) is 1.70. The lowest BCUT2D eigenvalue weighted by Crippen LogP contribution is -2.22. The van der Waals surface area contributed by atoms with Gasteiger partial charge in [-0.05, 0) is 29.8 Å². The van der Waals surface area contributed by atoms with Crippen LogP contribution in [0.5, 0.6) is 5.75 Å². The molecular formula is C18H16N6O3. The molecule has 4 aromatic rings. The summed E-state index contributed by atoms with van der Waals surface area (Å²) in [5.74, 6) is 1.62. The Morgan fingerprint density at radius 3 is 2.89 bits per heavy atom. The molecule has 1 unspecified atom stereocenters. The highest BCUT2D eigenvalue weighted by molar-refractivity contribution is 5.56. The molecule has 136 valence electrons. The topological polar surface area (TPSA) is 104 Å². The fourth-order valence-corrected chi connectivity index (χ4v) is 3.10. The third-order valence-corrected chi connectivity index (χ3v) is 4.55. The first-order valence-electron chi connectivity index (χ1n) is 8.47. The van der Waals surface area contributed by atoms with Gasteiger partial charge >= 0.3 is 0 Å². The van der Waals surface area contributed by atoms with Crippen LogP contribution in [0.25, 0.3) is 23.1 Å². The van der Waals surface area contributed by atoms with Gasteiger partial charge in [-0.25, -0.2) is 4.68 Å². The van der Waals surface area contributed by atoms with E-state index in [9.17, 15) is 0 Å². The lowest BCUT2D eigenvalue weighted by atomic mass is 10.1. The van der Waals surface area contributed by atoms with E-state index in [0.29, 0.717) is 30.6 Å². The molecule has 4 heterocycles. The van der Waals surface area contributed by atoms with Crippen molar-refractivity contribution in [1.29, 1.82) is 0 Å². The molecule has 9 heteroatoms. The molecule has 0 fully saturated rings. The summed E-state index contributed by atoms with van der Waals surface area (Å²) in [4.78, 5) is 7.44. The van der Waals surface area contributed by atoms with Crippen molar-refractivity contribution in [3.8, 4) is 28.9 Å². The fraction of sp³-hybridized carbons (Fsp3) is 0.222. The number of hydrogen-bond acceptors (Lipinski definition) is 7. The molecule has 27 heavy (non-hydrogen) atoms. The minimum absolute atomic E-state index is 0.0993. The smallest absolute Gasteiger partial charge is 0.274 e. The molecule has 1 aliphatic heterocycles. The van der Waals surface area contributed by atoms with E-state index < -0.39 is 0 Å². The maximum atomic E-state index is 6.03. The van der Waals surface area contributed by atoms with Crippen molar-refractivity contribution < 1.29 is 14.0 Å². The molecule has 5 rings (SSSR count). The molecule has 9 nitrogen and oxygen atoms in total. The summed E-state index contributed by atoms with van der Waals surface area (Å²) in [5, 5.41) is 12.5. The van der Waals surface area contributed by atoms with E-state index >= 15 is 0 Å². The van der Waals surface area contributed by atoms with Crippen molar-refractivity contribution in [2.45, 2.75) is 19.3 Å². The van der Waals surface area contributed by atoms with Crippen molar-refractivity contribution in [1.82, 2.24) is 30.1 Å². The number of aromatic amines is 1. The van der Waals surface area contributed by atoms with Gasteiger partial charge in [-0.2, -0.15) is 4.98 Å². The molecule has 1 aromatic carbocycles.